The van der Waals surface area contributed by atoms with Crippen LogP contribution in [-0.2, 0) is 0 Å². The predicted molar refractivity (Wildman–Crippen MR) is 34.9 cm³/mol. The van der Waals surface area contributed by atoms with Crippen LogP contribution in [0.25, 0.3) is 0 Å². The Bertz CT molecular complexity index is 144. The Kier molecular flexibility index (Phi) is 2.25. The van der Waals surface area contributed by atoms with Gasteiger partial charge in [0.2, 0.25) is 0 Å². The van der Waals surface area contributed by atoms with Crippen molar-refractivity contribution in [2.45, 2.75) is 0 Å². The van der Waals surface area contributed by atoms with Gasteiger partial charge >= 0.3 is 59.7 Å². The van der Waals surface area contributed by atoms with Gasteiger partial charge in [0.05, 0.1) is 0 Å². The Morgan fingerprint density at radius 2 is 2.29 bits per heavy atom. The Hall–Kier alpha value is 0.562. The van der Waals surface area contributed by atoms with Gasteiger partial charge in [-0.1, -0.05) is 0 Å². The van der Waals surface area contributed by atoms with Crippen LogP contribution in [0.3, 0.4) is 0 Å². The second-order valence-corrected chi connectivity index (χ2v) is 8.36. The number of rotatable bonds is 0. The van der Waals surface area contributed by atoms with Crippen molar-refractivity contribution in [1.82, 2.24) is 0 Å². The topological polar surface area (TPSA) is 0 Å². The molecule has 1 heterocycles. The molecular weight excluding hydrogens is 300 g/mol. The predicted octanol–water partition coefficient (Wildman–Crippen LogP) is 1.14. The van der Waals surface area contributed by atoms with Crippen LogP contribution in [0.2, 0.25) is 0 Å². The first kappa shape index (κ1) is 5.69. The van der Waals surface area contributed by atoms with E-state index < -0.39 is 23.7 Å². The standard InChI is InChI=1S/C5H4Cl.Tl/c1-2-3-4-5-6;/h1-4H;. The van der Waals surface area contributed by atoms with Crippen LogP contribution in [0.15, 0.2) is 21.9 Å². The van der Waals surface area contributed by atoms with E-state index in [1.807, 2.05) is 12.2 Å². The summed E-state index contributed by atoms with van der Waals surface area (Å²) in [6.45, 7) is 0. The van der Waals surface area contributed by atoms with Gasteiger partial charge in [-0.2, -0.15) is 0 Å². The molecule has 0 spiro atoms. The molecule has 0 aromatic carbocycles. The Morgan fingerprint density at radius 1 is 1.43 bits per heavy atom. The molecule has 0 saturated heterocycles. The van der Waals surface area contributed by atoms with Crippen molar-refractivity contribution in [3.05, 3.63) is 21.9 Å². The molecule has 0 aromatic heterocycles. The molecule has 0 aromatic rings. The summed E-state index contributed by atoms with van der Waals surface area (Å²) >= 11 is 5.01. The number of allylic oxidation sites excluding steroid dienone is 3. The summed E-state index contributed by atoms with van der Waals surface area (Å²) in [7, 11) is 0. The first-order chi connectivity index (χ1) is 3.39. The average molecular weight is 304 g/mol. The molecular formula is C5H4ClTl. The van der Waals surface area contributed by atoms with Gasteiger partial charge in [-0.25, -0.2) is 0 Å². The van der Waals surface area contributed by atoms with Gasteiger partial charge in [0.25, 0.3) is 0 Å². The Morgan fingerprint density at radius 3 is 2.57 bits per heavy atom. The summed E-state index contributed by atoms with van der Waals surface area (Å²) in [6, 6.07) is 0. The van der Waals surface area contributed by atoms with Gasteiger partial charge in [0.1, 0.15) is 0 Å². The molecule has 0 nitrogen and oxygen atoms in total. The quantitative estimate of drug-likeness (QED) is 0.589. The van der Waals surface area contributed by atoms with Crippen LogP contribution >= 0.6 is 11.6 Å². The van der Waals surface area contributed by atoms with Gasteiger partial charge < -0.3 is 0 Å². The second-order valence-electron chi connectivity index (χ2n) is 1.30. The molecule has 1 aliphatic heterocycles. The normalized spacial score (nSPS) is 15.9. The third-order valence-electron chi connectivity index (χ3n) is 0.733. The van der Waals surface area contributed by atoms with Gasteiger partial charge in [-0.3, -0.25) is 0 Å². The molecule has 2 heteroatoms. The zero-order valence-corrected chi connectivity index (χ0v) is 9.01. The summed E-state index contributed by atoms with van der Waals surface area (Å²) in [4.78, 5) is 0. The second kappa shape index (κ2) is 2.77. The first-order valence-electron chi connectivity index (χ1n) is 2.10. The van der Waals surface area contributed by atoms with Gasteiger partial charge in [0, 0.05) is 0 Å². The number of hydrogen-bond acceptors (Lipinski definition) is 0. The third-order valence-corrected chi connectivity index (χ3v) is 5.56. The van der Waals surface area contributed by atoms with Crippen molar-refractivity contribution in [3.63, 3.8) is 0 Å². The van der Waals surface area contributed by atoms with Crippen molar-refractivity contribution < 1.29 is 0 Å². The van der Waals surface area contributed by atoms with E-state index in [-0.39, 0.29) is 0 Å². The number of halogens is 1. The summed E-state index contributed by atoms with van der Waals surface area (Å²) in [5.74, 6) is 0. The van der Waals surface area contributed by atoms with E-state index in [0.717, 1.165) is 2.51 Å². The molecule has 0 unspecified atom stereocenters. The van der Waals surface area contributed by atoms with Gasteiger partial charge in [-0.15, -0.1) is 0 Å². The molecule has 0 radical (unpaired) electrons. The minimum absolute atomic E-state index is 0.679. The van der Waals surface area contributed by atoms with Gasteiger partial charge in [-0.05, 0) is 0 Å². The number of hydrogen-bond donors (Lipinski definition) is 0. The van der Waals surface area contributed by atoms with Crippen LogP contribution in [0.1, 0.15) is 0 Å². The SMILES string of the molecule is Cl[C]1=[Tl][CH]=CC=C1. The van der Waals surface area contributed by atoms with E-state index in [4.69, 9.17) is 11.6 Å². The van der Waals surface area contributed by atoms with Crippen molar-refractivity contribution in [3.8, 4) is 0 Å². The molecule has 0 atom stereocenters. The van der Waals surface area contributed by atoms with Crippen LogP contribution < -0.4 is 0 Å². The van der Waals surface area contributed by atoms with E-state index in [1.54, 1.807) is 0 Å². The third kappa shape index (κ3) is 1.86. The van der Waals surface area contributed by atoms with E-state index >= 15 is 0 Å². The minimum atomic E-state index is -0.679. The van der Waals surface area contributed by atoms with Crippen LogP contribution in [0.5, 0.6) is 0 Å². The summed E-state index contributed by atoms with van der Waals surface area (Å²) in [6.07, 6.45) is 6.07. The molecule has 0 amide bonds. The summed E-state index contributed by atoms with van der Waals surface area (Å²) in [5, 5.41) is 0. The fourth-order valence-electron chi connectivity index (χ4n) is 0.415. The molecule has 1 rings (SSSR count). The van der Waals surface area contributed by atoms with E-state index in [0.29, 0.717) is 0 Å². The zero-order valence-electron chi connectivity index (χ0n) is 3.76. The molecule has 34 valence electrons. The fraction of sp³-hybridized carbons (Fsp3) is 0. The van der Waals surface area contributed by atoms with Crippen molar-refractivity contribution in [1.29, 1.82) is 0 Å². The van der Waals surface area contributed by atoms with Crippen LogP contribution in [0, 0.1) is 0 Å². The molecule has 0 saturated carbocycles. The first-order valence-corrected chi connectivity index (χ1v) is 7.31. The van der Waals surface area contributed by atoms with E-state index in [9.17, 15) is 0 Å². The molecule has 0 fully saturated rings. The molecule has 7 heavy (non-hydrogen) atoms. The van der Waals surface area contributed by atoms with Crippen LogP contribution in [-0.4, -0.2) is 26.3 Å². The van der Waals surface area contributed by atoms with Crippen molar-refractivity contribution >= 4 is 37.9 Å². The maximum atomic E-state index is 5.69. The molecule has 0 bridgehead atoms. The Balaban J connectivity index is 2.82. The summed E-state index contributed by atoms with van der Waals surface area (Å²) < 4.78 is 3.37. The van der Waals surface area contributed by atoms with Crippen molar-refractivity contribution in [2.75, 3.05) is 0 Å². The summed E-state index contributed by atoms with van der Waals surface area (Å²) in [5.41, 5.74) is 0. The molecule has 0 aliphatic carbocycles. The molecule has 1 aliphatic rings. The maximum absolute atomic E-state index is 5.69. The van der Waals surface area contributed by atoms with Crippen molar-refractivity contribution in [2.24, 2.45) is 0 Å². The van der Waals surface area contributed by atoms with E-state index in [1.165, 1.54) is 0 Å². The Labute approximate surface area is 59.5 Å². The van der Waals surface area contributed by atoms with Gasteiger partial charge in [0.15, 0.2) is 0 Å². The van der Waals surface area contributed by atoms with Crippen LogP contribution in [0.4, 0.5) is 0 Å². The fourth-order valence-corrected chi connectivity index (χ4v) is 3.63. The average Bonchev–Trinajstić information content (AvgIpc) is 1.69. The molecule has 0 N–H and O–H groups in total. The van der Waals surface area contributed by atoms with E-state index in [2.05, 4.69) is 9.71 Å². The monoisotopic (exact) mass is 304 g/mol. The zero-order chi connectivity index (χ0) is 5.11.